The first-order chi connectivity index (χ1) is 8.46. The molecule has 19 heavy (non-hydrogen) atoms. The lowest BCUT2D eigenvalue weighted by Crippen LogP contribution is -2.37. The number of amidine groups is 1. The molecule has 3 rings (SSSR count). The van der Waals surface area contributed by atoms with Crippen molar-refractivity contribution in [3.8, 4) is 0 Å². The summed E-state index contributed by atoms with van der Waals surface area (Å²) in [5.41, 5.74) is 2.08. The van der Waals surface area contributed by atoms with Gasteiger partial charge < -0.3 is 4.90 Å². The van der Waals surface area contributed by atoms with Crippen LogP contribution in [-0.4, -0.2) is 36.4 Å². The Morgan fingerprint density at radius 2 is 1.89 bits per heavy atom. The molecular formula is C12H15BrN2O2S2. The van der Waals surface area contributed by atoms with E-state index in [1.54, 1.807) is 0 Å². The molecule has 2 saturated heterocycles. The molecule has 0 unspecified atom stereocenters. The molecule has 0 aromatic heterocycles. The maximum atomic E-state index is 11.7. The van der Waals surface area contributed by atoms with Crippen molar-refractivity contribution in [1.82, 2.24) is 0 Å². The summed E-state index contributed by atoms with van der Waals surface area (Å²) in [5.74, 6) is 0.369. The highest BCUT2D eigenvalue weighted by molar-refractivity contribution is 8.93. The van der Waals surface area contributed by atoms with Crippen molar-refractivity contribution in [3.05, 3.63) is 29.8 Å². The number of nitrogens with one attached hydrogen (secondary N) is 1. The van der Waals surface area contributed by atoms with Gasteiger partial charge in [-0.2, -0.15) is 0 Å². The number of rotatable bonds is 1. The predicted octanol–water partition coefficient (Wildman–Crippen LogP) is 2.23. The number of anilines is 1. The zero-order chi connectivity index (χ0) is 12.9. The van der Waals surface area contributed by atoms with Gasteiger partial charge in [0.1, 0.15) is 0 Å². The van der Waals surface area contributed by atoms with Crippen LogP contribution in [-0.2, 0) is 9.84 Å². The van der Waals surface area contributed by atoms with Gasteiger partial charge in [-0.05, 0) is 19.1 Å². The average molecular weight is 363 g/mol. The lowest BCUT2D eigenvalue weighted by molar-refractivity contribution is 0.601. The van der Waals surface area contributed by atoms with Gasteiger partial charge in [0, 0.05) is 10.9 Å². The molecule has 104 valence electrons. The van der Waals surface area contributed by atoms with Gasteiger partial charge in [-0.25, -0.2) is 8.42 Å². The Kier molecular flexibility index (Phi) is 3.99. The summed E-state index contributed by atoms with van der Waals surface area (Å²) in [7, 11) is -2.94. The van der Waals surface area contributed by atoms with Crippen LogP contribution in [0.25, 0.3) is 0 Å². The van der Waals surface area contributed by atoms with Gasteiger partial charge in [0.2, 0.25) is 0 Å². The van der Waals surface area contributed by atoms with Crippen LogP contribution in [0.5, 0.6) is 0 Å². The summed E-state index contributed by atoms with van der Waals surface area (Å²) in [5, 5.41) is 8.50. The first-order valence-electron chi connectivity index (χ1n) is 5.78. The van der Waals surface area contributed by atoms with E-state index < -0.39 is 9.84 Å². The van der Waals surface area contributed by atoms with Crippen molar-refractivity contribution in [2.24, 2.45) is 0 Å². The number of hydrogen-bond donors (Lipinski definition) is 1. The van der Waals surface area contributed by atoms with Crippen LogP contribution in [0, 0.1) is 12.3 Å². The summed E-state index contributed by atoms with van der Waals surface area (Å²) in [6.45, 7) is 2.01. The number of sulfone groups is 1. The molecule has 0 aliphatic carbocycles. The third-order valence-electron chi connectivity index (χ3n) is 3.40. The molecule has 0 spiro atoms. The zero-order valence-corrected chi connectivity index (χ0v) is 13.7. The summed E-state index contributed by atoms with van der Waals surface area (Å²) in [4.78, 5) is 1.86. The third kappa shape index (κ3) is 2.68. The van der Waals surface area contributed by atoms with Crippen LogP contribution >= 0.6 is 28.7 Å². The van der Waals surface area contributed by atoms with Gasteiger partial charge in [0.05, 0.1) is 17.5 Å². The van der Waals surface area contributed by atoms with Gasteiger partial charge in [-0.1, -0.05) is 29.5 Å². The van der Waals surface area contributed by atoms with Gasteiger partial charge >= 0.3 is 0 Å². The molecular weight excluding hydrogens is 348 g/mol. The Balaban J connectivity index is 0.00000133. The van der Waals surface area contributed by atoms with Crippen molar-refractivity contribution >= 4 is 49.4 Å². The van der Waals surface area contributed by atoms with E-state index in [2.05, 4.69) is 0 Å². The second kappa shape index (κ2) is 5.10. The summed E-state index contributed by atoms with van der Waals surface area (Å²) in [6, 6.07) is 7.82. The van der Waals surface area contributed by atoms with Crippen LogP contribution in [0.3, 0.4) is 0 Å². The highest BCUT2D eigenvalue weighted by Crippen LogP contribution is 2.40. The molecule has 0 amide bonds. The minimum Gasteiger partial charge on any atom is -0.316 e. The van der Waals surface area contributed by atoms with E-state index >= 15 is 0 Å². The fourth-order valence-electron chi connectivity index (χ4n) is 2.52. The molecule has 4 nitrogen and oxygen atoms in total. The first kappa shape index (κ1) is 14.9. The molecule has 0 bridgehead atoms. The first-order valence-corrected chi connectivity index (χ1v) is 8.48. The monoisotopic (exact) mass is 362 g/mol. The van der Waals surface area contributed by atoms with E-state index in [1.807, 2.05) is 36.1 Å². The maximum Gasteiger partial charge on any atom is 0.161 e. The SMILES string of the molecule is Br.Cc1ccc(N2C(=N)S[C@@H]3CS(=O)(=O)C[C@@H]32)cc1. The van der Waals surface area contributed by atoms with E-state index in [1.165, 1.54) is 11.8 Å². The highest BCUT2D eigenvalue weighted by Gasteiger charge is 2.48. The Labute approximate surface area is 127 Å². The number of fused-ring (bicyclic) bond motifs is 1. The topological polar surface area (TPSA) is 61.2 Å². The molecule has 0 radical (unpaired) electrons. The standard InChI is InChI=1S/C12H14N2O2S2.BrH/c1-8-2-4-9(5-3-8)14-10-6-18(15,16)7-11(10)17-12(14)13;/h2-5,10-11,13H,6-7H2,1H3;1H/t10-,11+;/m0./s1. The molecule has 2 aliphatic rings. The zero-order valence-electron chi connectivity index (χ0n) is 10.4. The van der Waals surface area contributed by atoms with E-state index in [0.29, 0.717) is 5.17 Å². The fraction of sp³-hybridized carbons (Fsp3) is 0.417. The molecule has 1 aromatic carbocycles. The third-order valence-corrected chi connectivity index (χ3v) is 6.53. The number of nitrogens with zero attached hydrogens (tertiary/aromatic N) is 1. The molecule has 2 heterocycles. The van der Waals surface area contributed by atoms with Gasteiger partial charge in [-0.15, -0.1) is 17.0 Å². The van der Waals surface area contributed by atoms with Gasteiger partial charge in [0.25, 0.3) is 0 Å². The van der Waals surface area contributed by atoms with E-state index in [4.69, 9.17) is 5.41 Å². The van der Waals surface area contributed by atoms with Crippen LogP contribution in [0.2, 0.25) is 0 Å². The Hall–Kier alpha value is -0.530. The lowest BCUT2D eigenvalue weighted by Gasteiger charge is -2.23. The normalized spacial score (nSPS) is 28.1. The summed E-state index contributed by atoms with van der Waals surface area (Å²) >= 11 is 1.38. The molecule has 2 aliphatic heterocycles. The van der Waals surface area contributed by atoms with Crippen molar-refractivity contribution < 1.29 is 8.42 Å². The number of aryl methyl sites for hydroxylation is 1. The van der Waals surface area contributed by atoms with E-state index in [0.717, 1.165) is 11.3 Å². The average Bonchev–Trinajstić information content (AvgIpc) is 2.70. The molecule has 1 aromatic rings. The lowest BCUT2D eigenvalue weighted by atomic mass is 10.1. The summed E-state index contributed by atoms with van der Waals surface area (Å²) < 4.78 is 23.3. The molecule has 7 heteroatoms. The van der Waals surface area contributed by atoms with Crippen LogP contribution < -0.4 is 4.90 Å². The smallest absolute Gasteiger partial charge is 0.161 e. The molecule has 0 saturated carbocycles. The van der Waals surface area contributed by atoms with Crippen LogP contribution in [0.1, 0.15) is 5.56 Å². The van der Waals surface area contributed by atoms with Crippen molar-refractivity contribution in [3.63, 3.8) is 0 Å². The summed E-state index contributed by atoms with van der Waals surface area (Å²) in [6.07, 6.45) is 0. The Morgan fingerprint density at radius 3 is 2.53 bits per heavy atom. The minimum atomic E-state index is -2.94. The Morgan fingerprint density at radius 1 is 1.26 bits per heavy atom. The second-order valence-electron chi connectivity index (χ2n) is 4.81. The Bertz CT molecular complexity index is 601. The molecule has 2 fully saturated rings. The second-order valence-corrected chi connectivity index (χ2v) is 8.19. The highest BCUT2D eigenvalue weighted by atomic mass is 79.9. The predicted molar refractivity (Wildman–Crippen MR) is 85.5 cm³/mol. The number of benzene rings is 1. The van der Waals surface area contributed by atoms with Crippen molar-refractivity contribution in [1.29, 1.82) is 5.41 Å². The fourth-order valence-corrected chi connectivity index (χ4v) is 6.31. The van der Waals surface area contributed by atoms with Crippen LogP contribution in [0.15, 0.2) is 24.3 Å². The molecule has 2 atom stereocenters. The largest absolute Gasteiger partial charge is 0.316 e. The maximum absolute atomic E-state index is 11.7. The van der Waals surface area contributed by atoms with E-state index in [9.17, 15) is 8.42 Å². The minimum absolute atomic E-state index is 0. The molecule has 1 N–H and O–H groups in total. The van der Waals surface area contributed by atoms with Gasteiger partial charge in [-0.3, -0.25) is 5.41 Å². The quantitative estimate of drug-likeness (QED) is 0.831. The van der Waals surface area contributed by atoms with Crippen molar-refractivity contribution in [2.75, 3.05) is 16.4 Å². The van der Waals surface area contributed by atoms with E-state index in [-0.39, 0.29) is 39.8 Å². The number of hydrogen-bond acceptors (Lipinski definition) is 4. The number of halogens is 1. The number of thioether (sulfide) groups is 1. The van der Waals surface area contributed by atoms with Gasteiger partial charge in [0.15, 0.2) is 15.0 Å². The van der Waals surface area contributed by atoms with Crippen LogP contribution in [0.4, 0.5) is 5.69 Å². The van der Waals surface area contributed by atoms with Crippen molar-refractivity contribution in [2.45, 2.75) is 18.2 Å².